The van der Waals surface area contributed by atoms with Gasteiger partial charge in [0.05, 0.1) is 5.75 Å². The molecular weight excluding hydrogens is 270 g/mol. The highest BCUT2D eigenvalue weighted by Gasteiger charge is 2.36. The van der Waals surface area contributed by atoms with E-state index in [0.717, 1.165) is 0 Å². The summed E-state index contributed by atoms with van der Waals surface area (Å²) in [4.78, 5) is 22.9. The number of sulfone groups is 1. The van der Waals surface area contributed by atoms with Crippen LogP contribution in [-0.4, -0.2) is 42.4 Å². The van der Waals surface area contributed by atoms with Gasteiger partial charge in [-0.2, -0.15) is 0 Å². The van der Waals surface area contributed by atoms with Gasteiger partial charge in [0.25, 0.3) is 0 Å². The first kappa shape index (κ1) is 15.7. The van der Waals surface area contributed by atoms with Crippen molar-refractivity contribution in [2.75, 3.05) is 5.75 Å². The summed E-state index contributed by atoms with van der Waals surface area (Å²) in [5.41, 5.74) is 0. The fourth-order valence-electron chi connectivity index (χ4n) is 2.06. The quantitative estimate of drug-likeness (QED) is 0.693. The molecule has 0 bridgehead atoms. The summed E-state index contributed by atoms with van der Waals surface area (Å²) in [6, 6.07) is -1.07. The number of nitrogens with one attached hydrogen (secondary N) is 1. The van der Waals surface area contributed by atoms with Crippen molar-refractivity contribution >= 4 is 21.7 Å². The molecule has 2 atom stereocenters. The lowest BCUT2D eigenvalue weighted by Gasteiger charge is -2.23. The van der Waals surface area contributed by atoms with Crippen molar-refractivity contribution in [3.05, 3.63) is 12.7 Å². The number of carbonyl (C=O) groups is 2. The first-order chi connectivity index (χ1) is 8.88. The van der Waals surface area contributed by atoms with Gasteiger partial charge < -0.3 is 10.4 Å². The van der Waals surface area contributed by atoms with Crippen molar-refractivity contribution in [3.8, 4) is 0 Å². The van der Waals surface area contributed by atoms with E-state index in [2.05, 4.69) is 11.9 Å². The van der Waals surface area contributed by atoms with E-state index in [1.165, 1.54) is 0 Å². The molecule has 7 heteroatoms. The number of hydrogen-bond acceptors (Lipinski definition) is 4. The second-order valence-corrected chi connectivity index (χ2v) is 6.92. The van der Waals surface area contributed by atoms with E-state index in [1.807, 2.05) is 0 Å². The van der Waals surface area contributed by atoms with Crippen LogP contribution in [0.15, 0.2) is 12.7 Å². The third kappa shape index (κ3) is 4.34. The van der Waals surface area contributed by atoms with Gasteiger partial charge in [-0.1, -0.05) is 12.5 Å². The molecule has 1 heterocycles. The molecule has 1 aliphatic heterocycles. The van der Waals surface area contributed by atoms with E-state index in [1.54, 1.807) is 6.08 Å². The Morgan fingerprint density at radius 3 is 2.63 bits per heavy atom. The molecule has 0 aliphatic carbocycles. The molecule has 1 amide bonds. The number of carbonyl (C=O) groups excluding carboxylic acids is 1. The summed E-state index contributed by atoms with van der Waals surface area (Å²) in [5.74, 6) is -1.87. The monoisotopic (exact) mass is 289 g/mol. The molecule has 0 saturated carbocycles. The van der Waals surface area contributed by atoms with E-state index < -0.39 is 33.0 Å². The van der Waals surface area contributed by atoms with Gasteiger partial charge in [0, 0.05) is 0 Å². The van der Waals surface area contributed by atoms with Gasteiger partial charge in [0.2, 0.25) is 5.91 Å². The van der Waals surface area contributed by atoms with Gasteiger partial charge in [-0.15, -0.1) is 6.58 Å². The minimum atomic E-state index is -3.44. The Balaban J connectivity index is 2.70. The fourth-order valence-corrected chi connectivity index (χ4v) is 3.87. The van der Waals surface area contributed by atoms with Gasteiger partial charge in [-0.25, -0.2) is 13.2 Å². The Morgan fingerprint density at radius 1 is 1.42 bits per heavy atom. The van der Waals surface area contributed by atoms with Crippen LogP contribution >= 0.6 is 0 Å². The lowest BCUT2D eigenvalue weighted by Crippen LogP contribution is -2.49. The Bertz CT molecular complexity index is 457. The van der Waals surface area contributed by atoms with Gasteiger partial charge in [-0.05, 0) is 25.7 Å². The van der Waals surface area contributed by atoms with Gasteiger partial charge in [-0.3, -0.25) is 4.79 Å². The summed E-state index contributed by atoms with van der Waals surface area (Å²) in [5, 5.41) is 10.2. The maximum Gasteiger partial charge on any atom is 0.326 e. The molecular formula is C12H19NO5S. The predicted octanol–water partition coefficient (Wildman–Crippen LogP) is 0.489. The lowest BCUT2D eigenvalue weighted by molar-refractivity contribution is -0.142. The van der Waals surface area contributed by atoms with Gasteiger partial charge in [0.1, 0.15) is 11.3 Å². The summed E-state index contributed by atoms with van der Waals surface area (Å²) in [6.07, 6.45) is 3.69. The van der Waals surface area contributed by atoms with E-state index in [9.17, 15) is 18.0 Å². The molecule has 0 aromatic heterocycles. The van der Waals surface area contributed by atoms with Crippen molar-refractivity contribution in [3.63, 3.8) is 0 Å². The molecule has 0 radical (unpaired) electrons. The number of aliphatic carboxylic acids is 1. The van der Waals surface area contributed by atoms with Crippen molar-refractivity contribution in [2.24, 2.45) is 0 Å². The van der Waals surface area contributed by atoms with Crippen molar-refractivity contribution in [1.82, 2.24) is 5.32 Å². The second kappa shape index (κ2) is 6.70. The minimum Gasteiger partial charge on any atom is -0.480 e. The molecule has 1 fully saturated rings. The average molecular weight is 289 g/mol. The zero-order chi connectivity index (χ0) is 14.5. The molecule has 1 aliphatic rings. The number of rotatable bonds is 6. The Morgan fingerprint density at radius 2 is 2.11 bits per heavy atom. The lowest BCUT2D eigenvalue weighted by atomic mass is 10.1. The average Bonchev–Trinajstić information content (AvgIpc) is 2.33. The summed E-state index contributed by atoms with van der Waals surface area (Å²) in [6.45, 7) is 3.48. The van der Waals surface area contributed by atoms with Crippen LogP contribution in [0, 0.1) is 0 Å². The third-order valence-corrected chi connectivity index (χ3v) is 5.32. The molecule has 1 rings (SSSR count). The van der Waals surface area contributed by atoms with E-state index in [4.69, 9.17) is 5.11 Å². The summed E-state index contributed by atoms with van der Waals surface area (Å²) in [7, 11) is -3.44. The Hall–Kier alpha value is -1.37. The second-order valence-electron chi connectivity index (χ2n) is 4.62. The van der Waals surface area contributed by atoms with Crippen LogP contribution in [0.2, 0.25) is 0 Å². The van der Waals surface area contributed by atoms with Crippen LogP contribution in [0.5, 0.6) is 0 Å². The van der Waals surface area contributed by atoms with Gasteiger partial charge >= 0.3 is 5.97 Å². The highest BCUT2D eigenvalue weighted by atomic mass is 32.2. The Labute approximate surface area is 112 Å². The number of amides is 1. The smallest absolute Gasteiger partial charge is 0.326 e. The molecule has 0 spiro atoms. The highest BCUT2D eigenvalue weighted by Crippen LogP contribution is 2.19. The van der Waals surface area contributed by atoms with Crippen molar-refractivity contribution < 1.29 is 23.1 Å². The SMILES string of the molecule is C=CCCC(NC(=O)C1CCCCS1(=O)=O)C(=O)O. The van der Waals surface area contributed by atoms with Crippen LogP contribution in [0.1, 0.15) is 32.1 Å². The molecule has 0 aromatic rings. The topological polar surface area (TPSA) is 101 Å². The molecule has 1 saturated heterocycles. The maximum atomic E-state index is 11.9. The van der Waals surface area contributed by atoms with Crippen LogP contribution in [0.4, 0.5) is 0 Å². The maximum absolute atomic E-state index is 11.9. The van der Waals surface area contributed by atoms with E-state index >= 15 is 0 Å². The number of allylic oxidation sites excluding steroid dienone is 1. The van der Waals surface area contributed by atoms with E-state index in [-0.39, 0.29) is 18.6 Å². The first-order valence-electron chi connectivity index (χ1n) is 6.24. The zero-order valence-corrected chi connectivity index (χ0v) is 11.5. The van der Waals surface area contributed by atoms with E-state index in [0.29, 0.717) is 19.3 Å². The number of hydrogen-bond donors (Lipinski definition) is 2. The zero-order valence-electron chi connectivity index (χ0n) is 10.7. The number of carboxylic acids is 1. The van der Waals surface area contributed by atoms with Crippen LogP contribution in [0.3, 0.4) is 0 Å². The van der Waals surface area contributed by atoms with Crippen LogP contribution in [0.25, 0.3) is 0 Å². The van der Waals surface area contributed by atoms with Crippen molar-refractivity contribution in [1.29, 1.82) is 0 Å². The molecule has 2 unspecified atom stereocenters. The highest BCUT2D eigenvalue weighted by molar-refractivity contribution is 7.92. The number of carboxylic acid groups (broad SMARTS) is 1. The van der Waals surface area contributed by atoms with Crippen LogP contribution < -0.4 is 5.32 Å². The molecule has 0 aromatic carbocycles. The first-order valence-corrected chi connectivity index (χ1v) is 7.95. The molecule has 108 valence electrons. The normalized spacial score (nSPS) is 23.3. The predicted molar refractivity (Wildman–Crippen MR) is 70.4 cm³/mol. The third-order valence-electron chi connectivity index (χ3n) is 3.15. The fraction of sp³-hybridized carbons (Fsp3) is 0.667. The molecule has 19 heavy (non-hydrogen) atoms. The largest absolute Gasteiger partial charge is 0.480 e. The van der Waals surface area contributed by atoms with Crippen molar-refractivity contribution in [2.45, 2.75) is 43.4 Å². The molecule has 6 nitrogen and oxygen atoms in total. The summed E-state index contributed by atoms with van der Waals surface area (Å²) < 4.78 is 23.5. The van der Waals surface area contributed by atoms with Gasteiger partial charge in [0.15, 0.2) is 9.84 Å². The summed E-state index contributed by atoms with van der Waals surface area (Å²) >= 11 is 0. The minimum absolute atomic E-state index is 0.00448. The Kier molecular flexibility index (Phi) is 5.53. The molecule has 2 N–H and O–H groups in total. The standard InChI is InChI=1S/C12H19NO5S/c1-2-3-6-9(12(15)16)13-11(14)10-7-4-5-8-19(10,17)18/h2,9-10H,1,3-8H2,(H,13,14)(H,15,16). The van der Waals surface area contributed by atoms with Crippen LogP contribution in [-0.2, 0) is 19.4 Å².